The molecule has 0 amide bonds. The Balaban J connectivity index is 2.52. The predicted molar refractivity (Wildman–Crippen MR) is 78.5 cm³/mol. The summed E-state index contributed by atoms with van der Waals surface area (Å²) in [5.41, 5.74) is 6.37. The van der Waals surface area contributed by atoms with Crippen LogP contribution < -0.4 is 19.9 Å². The standard InChI is InChI=1S/C14H18N4O3/c1-8(2)21-14-17-12(16-13(15)18-14)10-7-9(19-3)5-6-11(10)20-4/h5-8H,1-4H3,(H2,15,16,17,18). The van der Waals surface area contributed by atoms with Gasteiger partial charge in [0, 0.05) is 0 Å². The summed E-state index contributed by atoms with van der Waals surface area (Å²) < 4.78 is 16.0. The molecule has 1 heterocycles. The van der Waals surface area contributed by atoms with Gasteiger partial charge in [0.2, 0.25) is 5.95 Å². The Morgan fingerprint density at radius 1 is 1.05 bits per heavy atom. The smallest absolute Gasteiger partial charge is 0.322 e. The van der Waals surface area contributed by atoms with Crippen molar-refractivity contribution < 1.29 is 14.2 Å². The van der Waals surface area contributed by atoms with Crippen LogP contribution in [0.4, 0.5) is 5.95 Å². The number of hydrogen-bond acceptors (Lipinski definition) is 7. The number of benzene rings is 1. The molecule has 0 atom stereocenters. The van der Waals surface area contributed by atoms with Gasteiger partial charge < -0.3 is 19.9 Å². The van der Waals surface area contributed by atoms with Gasteiger partial charge >= 0.3 is 6.01 Å². The Kier molecular flexibility index (Phi) is 4.42. The molecule has 0 aliphatic heterocycles. The van der Waals surface area contributed by atoms with Crippen molar-refractivity contribution in [1.82, 2.24) is 15.0 Å². The fourth-order valence-corrected chi connectivity index (χ4v) is 1.74. The van der Waals surface area contributed by atoms with E-state index in [0.717, 1.165) is 0 Å². The Morgan fingerprint density at radius 2 is 1.81 bits per heavy atom. The van der Waals surface area contributed by atoms with Crippen LogP contribution in [0.5, 0.6) is 17.5 Å². The maximum atomic E-state index is 5.72. The predicted octanol–water partition coefficient (Wildman–Crippen LogP) is 1.93. The maximum absolute atomic E-state index is 5.72. The molecular formula is C14H18N4O3. The van der Waals surface area contributed by atoms with E-state index in [9.17, 15) is 0 Å². The molecule has 0 fully saturated rings. The fourth-order valence-electron chi connectivity index (χ4n) is 1.74. The van der Waals surface area contributed by atoms with Crippen molar-refractivity contribution >= 4 is 5.95 Å². The third-order valence-corrected chi connectivity index (χ3v) is 2.62. The zero-order valence-corrected chi connectivity index (χ0v) is 12.5. The van der Waals surface area contributed by atoms with Gasteiger partial charge in [-0.3, -0.25) is 0 Å². The lowest BCUT2D eigenvalue weighted by Gasteiger charge is -2.12. The molecule has 1 aromatic carbocycles. The van der Waals surface area contributed by atoms with E-state index >= 15 is 0 Å². The van der Waals surface area contributed by atoms with E-state index in [0.29, 0.717) is 22.9 Å². The molecule has 112 valence electrons. The lowest BCUT2D eigenvalue weighted by Crippen LogP contribution is -2.11. The second-order valence-corrected chi connectivity index (χ2v) is 4.53. The molecule has 2 N–H and O–H groups in total. The van der Waals surface area contributed by atoms with E-state index < -0.39 is 0 Å². The summed E-state index contributed by atoms with van der Waals surface area (Å²) in [6.45, 7) is 3.76. The van der Waals surface area contributed by atoms with Crippen LogP contribution in [0, 0.1) is 0 Å². The van der Waals surface area contributed by atoms with Crippen LogP contribution in [-0.2, 0) is 0 Å². The maximum Gasteiger partial charge on any atom is 0.322 e. The molecule has 1 aromatic heterocycles. The number of rotatable bonds is 5. The lowest BCUT2D eigenvalue weighted by atomic mass is 10.1. The van der Waals surface area contributed by atoms with Gasteiger partial charge in [-0.2, -0.15) is 15.0 Å². The van der Waals surface area contributed by atoms with Gasteiger partial charge in [-0.15, -0.1) is 0 Å². The number of nitrogens with two attached hydrogens (primary N) is 1. The SMILES string of the molecule is COc1ccc(OC)c(-c2nc(N)nc(OC(C)C)n2)c1. The van der Waals surface area contributed by atoms with Gasteiger partial charge in [-0.1, -0.05) is 0 Å². The Bertz CT molecular complexity index is 632. The van der Waals surface area contributed by atoms with Crippen molar-refractivity contribution in [2.24, 2.45) is 0 Å². The quantitative estimate of drug-likeness (QED) is 0.899. The van der Waals surface area contributed by atoms with Crippen molar-refractivity contribution in [1.29, 1.82) is 0 Å². The molecular weight excluding hydrogens is 272 g/mol. The molecule has 0 saturated heterocycles. The van der Waals surface area contributed by atoms with E-state index in [1.54, 1.807) is 32.4 Å². The summed E-state index contributed by atoms with van der Waals surface area (Å²) >= 11 is 0. The first-order valence-electron chi connectivity index (χ1n) is 6.44. The Hall–Kier alpha value is -2.57. The van der Waals surface area contributed by atoms with E-state index in [1.165, 1.54) is 0 Å². The van der Waals surface area contributed by atoms with Crippen LogP contribution in [0.15, 0.2) is 18.2 Å². The van der Waals surface area contributed by atoms with Crippen molar-refractivity contribution in [3.63, 3.8) is 0 Å². The summed E-state index contributed by atoms with van der Waals surface area (Å²) in [6, 6.07) is 5.51. The lowest BCUT2D eigenvalue weighted by molar-refractivity contribution is 0.222. The van der Waals surface area contributed by atoms with Crippen LogP contribution in [0.3, 0.4) is 0 Å². The number of methoxy groups -OCH3 is 2. The minimum Gasteiger partial charge on any atom is -0.497 e. The van der Waals surface area contributed by atoms with Crippen molar-refractivity contribution in [3.05, 3.63) is 18.2 Å². The molecule has 21 heavy (non-hydrogen) atoms. The number of nitrogen functional groups attached to an aromatic ring is 1. The van der Waals surface area contributed by atoms with Gasteiger partial charge in [0.05, 0.1) is 25.9 Å². The largest absolute Gasteiger partial charge is 0.497 e. The first kappa shape index (κ1) is 14.8. The molecule has 0 aliphatic rings. The molecule has 2 rings (SSSR count). The average molecular weight is 290 g/mol. The normalized spacial score (nSPS) is 10.5. The fraction of sp³-hybridized carbons (Fsp3) is 0.357. The molecule has 0 saturated carbocycles. The van der Waals surface area contributed by atoms with Crippen LogP contribution >= 0.6 is 0 Å². The van der Waals surface area contributed by atoms with Crippen molar-refractivity contribution in [3.8, 4) is 28.9 Å². The van der Waals surface area contributed by atoms with Crippen LogP contribution in [0.1, 0.15) is 13.8 Å². The highest BCUT2D eigenvalue weighted by Gasteiger charge is 2.14. The summed E-state index contributed by atoms with van der Waals surface area (Å²) in [7, 11) is 3.15. The zero-order chi connectivity index (χ0) is 15.4. The highest BCUT2D eigenvalue weighted by atomic mass is 16.5. The number of hydrogen-bond donors (Lipinski definition) is 1. The first-order valence-corrected chi connectivity index (χ1v) is 6.44. The monoisotopic (exact) mass is 290 g/mol. The molecule has 0 radical (unpaired) electrons. The van der Waals surface area contributed by atoms with Crippen molar-refractivity contribution in [2.75, 3.05) is 20.0 Å². The van der Waals surface area contributed by atoms with Crippen LogP contribution in [-0.4, -0.2) is 35.3 Å². The summed E-state index contributed by atoms with van der Waals surface area (Å²) in [5.74, 6) is 1.72. The molecule has 0 spiro atoms. The van der Waals surface area contributed by atoms with Gasteiger partial charge in [-0.05, 0) is 32.0 Å². The molecule has 2 aromatic rings. The number of nitrogens with zero attached hydrogens (tertiary/aromatic N) is 3. The van der Waals surface area contributed by atoms with E-state index in [2.05, 4.69) is 15.0 Å². The molecule has 7 heteroatoms. The second-order valence-electron chi connectivity index (χ2n) is 4.53. The Morgan fingerprint density at radius 3 is 2.43 bits per heavy atom. The summed E-state index contributed by atoms with van der Waals surface area (Å²) in [4.78, 5) is 12.4. The highest BCUT2D eigenvalue weighted by Crippen LogP contribution is 2.32. The molecule has 0 aliphatic carbocycles. The number of aromatic nitrogens is 3. The average Bonchev–Trinajstić information content (AvgIpc) is 2.45. The molecule has 0 unspecified atom stereocenters. The topological polar surface area (TPSA) is 92.4 Å². The van der Waals surface area contributed by atoms with Gasteiger partial charge in [0.1, 0.15) is 11.5 Å². The van der Waals surface area contributed by atoms with E-state index in [-0.39, 0.29) is 18.1 Å². The first-order chi connectivity index (χ1) is 10.0. The Labute approximate surface area is 123 Å². The third-order valence-electron chi connectivity index (χ3n) is 2.62. The van der Waals surface area contributed by atoms with Gasteiger partial charge in [0.15, 0.2) is 5.82 Å². The highest BCUT2D eigenvalue weighted by molar-refractivity contribution is 5.67. The second kappa shape index (κ2) is 6.25. The van der Waals surface area contributed by atoms with E-state index in [1.807, 2.05) is 13.8 Å². The minimum atomic E-state index is -0.0631. The van der Waals surface area contributed by atoms with Gasteiger partial charge in [-0.25, -0.2) is 0 Å². The molecule has 0 bridgehead atoms. The number of ether oxygens (including phenoxy) is 3. The summed E-state index contributed by atoms with van der Waals surface area (Å²) in [5, 5.41) is 0. The third kappa shape index (κ3) is 3.50. The summed E-state index contributed by atoms with van der Waals surface area (Å²) in [6.07, 6.45) is -0.0631. The zero-order valence-electron chi connectivity index (χ0n) is 12.5. The van der Waals surface area contributed by atoms with Crippen molar-refractivity contribution in [2.45, 2.75) is 20.0 Å². The van der Waals surface area contributed by atoms with Crippen LogP contribution in [0.2, 0.25) is 0 Å². The molecule has 7 nitrogen and oxygen atoms in total. The van der Waals surface area contributed by atoms with E-state index in [4.69, 9.17) is 19.9 Å². The minimum absolute atomic E-state index is 0.0631. The number of anilines is 1. The van der Waals surface area contributed by atoms with Crippen LogP contribution in [0.25, 0.3) is 11.4 Å². The van der Waals surface area contributed by atoms with Gasteiger partial charge in [0.25, 0.3) is 0 Å².